The van der Waals surface area contributed by atoms with Crippen molar-refractivity contribution in [2.75, 3.05) is 36.5 Å². The number of hydrogen-bond acceptors (Lipinski definition) is 7. The van der Waals surface area contributed by atoms with Gasteiger partial charge in [-0.25, -0.2) is 9.97 Å². The fourth-order valence-electron chi connectivity index (χ4n) is 3.46. The van der Waals surface area contributed by atoms with Crippen molar-refractivity contribution in [3.63, 3.8) is 0 Å². The van der Waals surface area contributed by atoms with Crippen molar-refractivity contribution < 1.29 is 9.53 Å². The Kier molecular flexibility index (Phi) is 6.61. The second-order valence-electron chi connectivity index (χ2n) is 8.31. The maximum Gasteiger partial charge on any atom is 0.251 e. The summed E-state index contributed by atoms with van der Waals surface area (Å²) < 4.78 is 5.41. The zero-order valence-electron chi connectivity index (χ0n) is 18.7. The third-order valence-electron chi connectivity index (χ3n) is 5.30. The van der Waals surface area contributed by atoms with E-state index in [1.807, 2.05) is 30.3 Å². The minimum atomic E-state index is -0.927. The standard InChI is InChI=1S/C23H24B2N6O2/c24-23(25,15-26)30-21(32)17-3-1-16(2-4-17)20-9-10-27-22(29-20)28-18-5-7-19(8-6-18)31-11-13-33-14-12-31/h1-10H,11-14,24-25H2,(H,30,32)(H,27,28,29). The van der Waals surface area contributed by atoms with E-state index in [1.165, 1.54) is 5.69 Å². The minimum Gasteiger partial charge on any atom is -0.378 e. The van der Waals surface area contributed by atoms with E-state index in [2.05, 4.69) is 43.7 Å². The lowest BCUT2D eigenvalue weighted by atomic mass is 9.63. The quantitative estimate of drug-likeness (QED) is 0.552. The van der Waals surface area contributed by atoms with Gasteiger partial charge in [0, 0.05) is 41.8 Å². The molecule has 1 aromatic heterocycles. The highest BCUT2D eigenvalue weighted by molar-refractivity contribution is 6.43. The second-order valence-corrected chi connectivity index (χ2v) is 8.31. The number of nitrogens with zero attached hydrogens (tertiary/aromatic N) is 4. The van der Waals surface area contributed by atoms with E-state index in [4.69, 9.17) is 10.00 Å². The molecule has 1 aliphatic heterocycles. The van der Waals surface area contributed by atoms with E-state index in [1.54, 1.807) is 34.0 Å². The zero-order valence-corrected chi connectivity index (χ0v) is 18.7. The molecule has 164 valence electrons. The molecule has 1 aliphatic rings. The molecule has 2 heterocycles. The van der Waals surface area contributed by atoms with E-state index in [-0.39, 0.29) is 5.91 Å². The Bertz CT molecular complexity index is 1160. The number of benzene rings is 2. The van der Waals surface area contributed by atoms with Crippen LogP contribution in [0.25, 0.3) is 11.3 Å². The van der Waals surface area contributed by atoms with Crippen molar-refractivity contribution in [1.82, 2.24) is 15.3 Å². The van der Waals surface area contributed by atoms with Crippen LogP contribution >= 0.6 is 0 Å². The van der Waals surface area contributed by atoms with Crippen molar-refractivity contribution in [2.45, 2.75) is 5.34 Å². The molecule has 1 saturated heterocycles. The number of aromatic nitrogens is 2. The first-order chi connectivity index (χ1) is 15.9. The molecule has 8 nitrogen and oxygen atoms in total. The number of carbonyl (C=O) groups excluding carboxylic acids is 1. The number of rotatable bonds is 6. The molecule has 0 bridgehead atoms. The van der Waals surface area contributed by atoms with Gasteiger partial charge in [0.1, 0.15) is 15.7 Å². The van der Waals surface area contributed by atoms with Crippen molar-refractivity contribution in [1.29, 1.82) is 5.26 Å². The molecule has 1 fully saturated rings. The molecule has 3 aromatic rings. The van der Waals surface area contributed by atoms with Gasteiger partial charge >= 0.3 is 0 Å². The number of carbonyl (C=O) groups is 1. The molecule has 2 N–H and O–H groups in total. The summed E-state index contributed by atoms with van der Waals surface area (Å²) in [7, 11) is 3.32. The number of amides is 1. The summed E-state index contributed by atoms with van der Waals surface area (Å²) in [6, 6.07) is 19.2. The molecule has 0 spiro atoms. The van der Waals surface area contributed by atoms with Crippen LogP contribution in [0.15, 0.2) is 60.8 Å². The third kappa shape index (κ3) is 5.70. The smallest absolute Gasteiger partial charge is 0.251 e. The summed E-state index contributed by atoms with van der Waals surface area (Å²) in [5.41, 5.74) is 4.15. The molecule has 0 saturated carbocycles. The highest BCUT2D eigenvalue weighted by Crippen LogP contribution is 2.23. The van der Waals surface area contributed by atoms with Crippen LogP contribution in [0.3, 0.4) is 0 Å². The lowest BCUT2D eigenvalue weighted by molar-refractivity contribution is 0.0949. The van der Waals surface area contributed by atoms with Crippen LogP contribution in [0.5, 0.6) is 0 Å². The van der Waals surface area contributed by atoms with Crippen LogP contribution in [0.4, 0.5) is 17.3 Å². The molecule has 0 radical (unpaired) electrons. The topological polar surface area (TPSA) is 103 Å². The van der Waals surface area contributed by atoms with Crippen LogP contribution in [0, 0.1) is 11.3 Å². The van der Waals surface area contributed by atoms with Crippen molar-refractivity contribution in [3.8, 4) is 17.3 Å². The summed E-state index contributed by atoms with van der Waals surface area (Å²) in [6.07, 6.45) is 1.70. The number of anilines is 3. The van der Waals surface area contributed by atoms with Gasteiger partial charge in [-0.15, -0.1) is 0 Å². The molecular formula is C23H24B2N6O2. The molecule has 10 heteroatoms. The van der Waals surface area contributed by atoms with Gasteiger partial charge in [-0.05, 0) is 42.5 Å². The molecule has 4 rings (SSSR count). The zero-order chi connectivity index (χ0) is 23.3. The lowest BCUT2D eigenvalue weighted by Gasteiger charge is -2.28. The first kappa shape index (κ1) is 22.4. The van der Waals surface area contributed by atoms with Gasteiger partial charge < -0.3 is 20.3 Å². The number of ether oxygens (including phenoxy) is 1. The first-order valence-electron chi connectivity index (χ1n) is 10.8. The fraction of sp³-hybridized carbons (Fsp3) is 0.217. The molecule has 0 unspecified atom stereocenters. The predicted molar refractivity (Wildman–Crippen MR) is 133 cm³/mol. The Morgan fingerprint density at radius 2 is 1.76 bits per heavy atom. The van der Waals surface area contributed by atoms with Gasteiger partial charge in [-0.1, -0.05) is 12.1 Å². The van der Waals surface area contributed by atoms with Crippen molar-refractivity contribution >= 4 is 38.9 Å². The minimum absolute atomic E-state index is 0.293. The normalized spacial score (nSPS) is 13.7. The summed E-state index contributed by atoms with van der Waals surface area (Å²) in [5.74, 6) is 0.197. The summed E-state index contributed by atoms with van der Waals surface area (Å²) in [6.45, 7) is 3.30. The highest BCUT2D eigenvalue weighted by atomic mass is 16.5. The molecule has 0 atom stereocenters. The van der Waals surface area contributed by atoms with E-state index < -0.39 is 5.34 Å². The predicted octanol–water partition coefficient (Wildman–Crippen LogP) is 0.897. The summed E-state index contributed by atoms with van der Waals surface area (Å²) >= 11 is 0. The number of morpholine rings is 1. The maximum atomic E-state index is 12.3. The van der Waals surface area contributed by atoms with Gasteiger partial charge in [0.15, 0.2) is 0 Å². The van der Waals surface area contributed by atoms with E-state index in [9.17, 15) is 4.79 Å². The molecule has 33 heavy (non-hydrogen) atoms. The van der Waals surface area contributed by atoms with Crippen molar-refractivity contribution in [3.05, 3.63) is 66.4 Å². The molecule has 2 aromatic carbocycles. The summed E-state index contributed by atoms with van der Waals surface area (Å²) in [5, 5.41) is 14.1. The number of hydrogen-bond donors (Lipinski definition) is 2. The first-order valence-corrected chi connectivity index (χ1v) is 10.8. The fourth-order valence-corrected chi connectivity index (χ4v) is 3.46. The Morgan fingerprint density at radius 1 is 1.06 bits per heavy atom. The van der Waals surface area contributed by atoms with E-state index >= 15 is 0 Å². The van der Waals surface area contributed by atoms with Crippen molar-refractivity contribution in [2.24, 2.45) is 0 Å². The second kappa shape index (κ2) is 9.76. The Hall–Kier alpha value is -3.83. The Labute approximate surface area is 194 Å². The average Bonchev–Trinajstić information content (AvgIpc) is 2.85. The Balaban J connectivity index is 1.43. The van der Waals surface area contributed by atoms with Gasteiger partial charge in [0.05, 0.1) is 30.3 Å². The van der Waals surface area contributed by atoms with Crippen LogP contribution in [0.2, 0.25) is 0 Å². The molecule has 1 amide bonds. The van der Waals surface area contributed by atoms with E-state index in [0.29, 0.717) is 11.5 Å². The van der Waals surface area contributed by atoms with E-state index in [0.717, 1.165) is 43.2 Å². The van der Waals surface area contributed by atoms with Crippen LogP contribution in [-0.4, -0.2) is 63.2 Å². The lowest BCUT2D eigenvalue weighted by Crippen LogP contribution is -2.48. The van der Waals surface area contributed by atoms with Gasteiger partial charge in [-0.3, -0.25) is 4.79 Å². The maximum absolute atomic E-state index is 12.3. The van der Waals surface area contributed by atoms with Crippen LogP contribution < -0.4 is 15.5 Å². The monoisotopic (exact) mass is 438 g/mol. The van der Waals surface area contributed by atoms with Crippen LogP contribution in [0.1, 0.15) is 10.4 Å². The summed E-state index contributed by atoms with van der Waals surface area (Å²) in [4.78, 5) is 23.6. The SMILES string of the molecule is BC(B)(C#N)NC(=O)c1ccc(-c2ccnc(Nc3ccc(N4CCOCC4)cc3)n2)cc1. The largest absolute Gasteiger partial charge is 0.378 e. The highest BCUT2D eigenvalue weighted by Gasteiger charge is 2.20. The Morgan fingerprint density at radius 3 is 2.42 bits per heavy atom. The van der Waals surface area contributed by atoms with Crippen LogP contribution in [-0.2, 0) is 4.74 Å². The third-order valence-corrected chi connectivity index (χ3v) is 5.30. The molecule has 0 aliphatic carbocycles. The number of nitrogens with one attached hydrogen (secondary N) is 2. The average molecular weight is 438 g/mol. The molecular weight excluding hydrogens is 414 g/mol. The van der Waals surface area contributed by atoms with Gasteiger partial charge in [-0.2, -0.15) is 5.26 Å². The van der Waals surface area contributed by atoms with Gasteiger partial charge in [0.25, 0.3) is 5.91 Å². The van der Waals surface area contributed by atoms with Gasteiger partial charge in [0.2, 0.25) is 5.95 Å². The number of nitriles is 1.